The lowest BCUT2D eigenvalue weighted by molar-refractivity contribution is -0.118. The molecule has 1 unspecified atom stereocenters. The average molecular weight is 406 g/mol. The zero-order chi connectivity index (χ0) is 21.6. The summed E-state index contributed by atoms with van der Waals surface area (Å²) in [4.78, 5) is 32.4. The van der Waals surface area contributed by atoms with Crippen molar-refractivity contribution in [2.45, 2.75) is 39.7 Å². The Kier molecular flexibility index (Phi) is 7.19. The molecule has 0 spiro atoms. The number of alkyl halides is 2. The summed E-state index contributed by atoms with van der Waals surface area (Å²) in [7, 11) is 0. The van der Waals surface area contributed by atoms with Crippen LogP contribution in [0.2, 0.25) is 0 Å². The monoisotopic (exact) mass is 406 g/mol. The topological polar surface area (TPSA) is 93.2 Å². The Morgan fingerprint density at radius 1 is 1.17 bits per heavy atom. The molecule has 2 heterocycles. The summed E-state index contributed by atoms with van der Waals surface area (Å²) in [6, 6.07) is 7.45. The van der Waals surface area contributed by atoms with Gasteiger partial charge in [0, 0.05) is 25.1 Å². The molecule has 0 aliphatic rings. The number of rotatable bonds is 8. The SMILES string of the molecule is CC(C)C(=O)Nc1cccc(C(=O)NC(C)c2ccc(OCC(C)(F)F)nc2)n1. The van der Waals surface area contributed by atoms with Gasteiger partial charge in [-0.2, -0.15) is 0 Å². The van der Waals surface area contributed by atoms with Gasteiger partial charge in [-0.1, -0.05) is 26.0 Å². The zero-order valence-electron chi connectivity index (χ0n) is 16.7. The first-order chi connectivity index (χ1) is 13.5. The van der Waals surface area contributed by atoms with Crippen molar-refractivity contribution in [2.75, 3.05) is 11.9 Å². The van der Waals surface area contributed by atoms with Crippen molar-refractivity contribution in [3.05, 3.63) is 47.8 Å². The number of ether oxygens (including phenoxy) is 1. The van der Waals surface area contributed by atoms with Crippen LogP contribution in [0.15, 0.2) is 36.5 Å². The minimum Gasteiger partial charge on any atom is -0.471 e. The molecule has 2 rings (SSSR count). The fraction of sp³-hybridized carbons (Fsp3) is 0.400. The Labute approximate surface area is 167 Å². The summed E-state index contributed by atoms with van der Waals surface area (Å²) in [5.74, 6) is -3.42. The van der Waals surface area contributed by atoms with Gasteiger partial charge in [0.1, 0.15) is 11.5 Å². The first-order valence-electron chi connectivity index (χ1n) is 9.10. The van der Waals surface area contributed by atoms with Crippen molar-refractivity contribution >= 4 is 17.6 Å². The van der Waals surface area contributed by atoms with E-state index in [1.54, 1.807) is 39.0 Å². The molecule has 0 fully saturated rings. The molecule has 2 N–H and O–H groups in total. The summed E-state index contributed by atoms with van der Waals surface area (Å²) in [5.41, 5.74) is 0.815. The molecule has 0 aromatic carbocycles. The van der Waals surface area contributed by atoms with Gasteiger partial charge < -0.3 is 15.4 Å². The van der Waals surface area contributed by atoms with Crippen molar-refractivity contribution in [1.29, 1.82) is 0 Å². The molecule has 0 bridgehead atoms. The largest absolute Gasteiger partial charge is 0.471 e. The first-order valence-corrected chi connectivity index (χ1v) is 9.10. The lowest BCUT2D eigenvalue weighted by atomic mass is 10.1. The molecular formula is C20H24F2N4O3. The lowest BCUT2D eigenvalue weighted by Gasteiger charge is -2.15. The number of aromatic nitrogens is 2. The van der Waals surface area contributed by atoms with E-state index < -0.39 is 24.5 Å². The van der Waals surface area contributed by atoms with E-state index in [1.807, 2.05) is 0 Å². The number of carbonyl (C=O) groups excluding carboxylic acids is 2. The van der Waals surface area contributed by atoms with Gasteiger partial charge in [-0.3, -0.25) is 9.59 Å². The van der Waals surface area contributed by atoms with Crippen LogP contribution < -0.4 is 15.4 Å². The van der Waals surface area contributed by atoms with Gasteiger partial charge in [-0.15, -0.1) is 0 Å². The van der Waals surface area contributed by atoms with E-state index in [9.17, 15) is 18.4 Å². The number of pyridine rings is 2. The van der Waals surface area contributed by atoms with E-state index in [0.717, 1.165) is 6.92 Å². The summed E-state index contributed by atoms with van der Waals surface area (Å²) in [6.07, 6.45) is 1.45. The molecule has 7 nitrogen and oxygen atoms in total. The Bertz CT molecular complexity index is 852. The van der Waals surface area contributed by atoms with Crippen LogP contribution in [0.5, 0.6) is 5.88 Å². The third kappa shape index (κ3) is 7.10. The number of carbonyl (C=O) groups is 2. The minimum absolute atomic E-state index is 0.0732. The second-order valence-corrected chi connectivity index (χ2v) is 7.04. The standard InChI is InChI=1S/C20H24F2N4O3/c1-12(2)18(27)26-16-7-5-6-15(25-16)19(28)24-13(3)14-8-9-17(23-10-14)29-11-20(4,21)22/h5-10,12-13H,11H2,1-4H3,(H,24,28)(H,25,26,27). The van der Waals surface area contributed by atoms with E-state index in [0.29, 0.717) is 11.4 Å². The number of nitrogens with zero attached hydrogens (tertiary/aromatic N) is 2. The molecular weight excluding hydrogens is 382 g/mol. The number of halogens is 2. The van der Waals surface area contributed by atoms with Gasteiger partial charge in [-0.25, -0.2) is 18.7 Å². The van der Waals surface area contributed by atoms with E-state index >= 15 is 0 Å². The number of hydrogen-bond acceptors (Lipinski definition) is 5. The molecule has 2 aromatic rings. The predicted molar refractivity (Wildman–Crippen MR) is 104 cm³/mol. The van der Waals surface area contributed by atoms with Crippen molar-refractivity contribution in [2.24, 2.45) is 5.92 Å². The highest BCUT2D eigenvalue weighted by Gasteiger charge is 2.22. The summed E-state index contributed by atoms with van der Waals surface area (Å²) >= 11 is 0. The Balaban J connectivity index is 1.99. The number of amides is 2. The quantitative estimate of drug-likeness (QED) is 0.699. The van der Waals surface area contributed by atoms with Crippen LogP contribution in [-0.4, -0.2) is 34.3 Å². The molecule has 2 amide bonds. The molecule has 156 valence electrons. The van der Waals surface area contributed by atoms with Gasteiger partial charge in [-0.05, 0) is 24.6 Å². The fourth-order valence-electron chi connectivity index (χ4n) is 2.19. The van der Waals surface area contributed by atoms with E-state index in [2.05, 4.69) is 20.6 Å². The number of anilines is 1. The van der Waals surface area contributed by atoms with Crippen LogP contribution in [0.1, 0.15) is 49.8 Å². The summed E-state index contributed by atoms with van der Waals surface area (Å²) in [6.45, 7) is 5.26. The second-order valence-electron chi connectivity index (χ2n) is 7.04. The smallest absolute Gasteiger partial charge is 0.278 e. The highest BCUT2D eigenvalue weighted by atomic mass is 19.3. The lowest BCUT2D eigenvalue weighted by Crippen LogP contribution is -2.28. The van der Waals surface area contributed by atoms with Gasteiger partial charge in [0.15, 0.2) is 6.61 Å². The van der Waals surface area contributed by atoms with Crippen LogP contribution in [0.3, 0.4) is 0 Å². The molecule has 0 saturated heterocycles. The van der Waals surface area contributed by atoms with Crippen molar-refractivity contribution in [1.82, 2.24) is 15.3 Å². The van der Waals surface area contributed by atoms with Gasteiger partial charge in [0.2, 0.25) is 11.8 Å². The molecule has 0 aliphatic heterocycles. The summed E-state index contributed by atoms with van der Waals surface area (Å²) in [5, 5.41) is 5.42. The second kappa shape index (κ2) is 9.40. The van der Waals surface area contributed by atoms with Crippen LogP contribution in [-0.2, 0) is 4.79 Å². The molecule has 29 heavy (non-hydrogen) atoms. The molecule has 9 heteroatoms. The Hall–Kier alpha value is -3.10. The molecule has 0 saturated carbocycles. The first kappa shape index (κ1) is 22.2. The van der Waals surface area contributed by atoms with Gasteiger partial charge in [0.05, 0.1) is 6.04 Å². The number of hydrogen-bond donors (Lipinski definition) is 2. The molecule has 1 atom stereocenters. The maximum absolute atomic E-state index is 12.8. The van der Waals surface area contributed by atoms with E-state index in [1.165, 1.54) is 18.3 Å². The minimum atomic E-state index is -2.95. The third-order valence-corrected chi connectivity index (χ3v) is 3.84. The van der Waals surface area contributed by atoms with Crippen LogP contribution >= 0.6 is 0 Å². The Morgan fingerprint density at radius 2 is 1.90 bits per heavy atom. The van der Waals surface area contributed by atoms with Gasteiger partial charge >= 0.3 is 0 Å². The molecule has 0 aliphatic carbocycles. The van der Waals surface area contributed by atoms with Crippen molar-refractivity contribution in [3.8, 4) is 5.88 Å². The fourth-order valence-corrected chi connectivity index (χ4v) is 2.19. The third-order valence-electron chi connectivity index (χ3n) is 3.84. The predicted octanol–water partition coefficient (Wildman–Crippen LogP) is 3.60. The van der Waals surface area contributed by atoms with E-state index in [4.69, 9.17) is 4.74 Å². The molecule has 2 aromatic heterocycles. The summed E-state index contributed by atoms with van der Waals surface area (Å²) < 4.78 is 30.6. The highest BCUT2D eigenvalue weighted by Crippen LogP contribution is 2.18. The van der Waals surface area contributed by atoms with Gasteiger partial charge in [0.25, 0.3) is 11.8 Å². The van der Waals surface area contributed by atoms with Crippen molar-refractivity contribution in [3.63, 3.8) is 0 Å². The zero-order valence-corrected chi connectivity index (χ0v) is 16.7. The van der Waals surface area contributed by atoms with Crippen LogP contribution in [0.4, 0.5) is 14.6 Å². The highest BCUT2D eigenvalue weighted by molar-refractivity contribution is 5.94. The Morgan fingerprint density at radius 3 is 2.48 bits per heavy atom. The maximum Gasteiger partial charge on any atom is 0.278 e. The molecule has 0 radical (unpaired) electrons. The maximum atomic E-state index is 12.8. The van der Waals surface area contributed by atoms with Crippen LogP contribution in [0, 0.1) is 5.92 Å². The normalized spacial score (nSPS) is 12.4. The van der Waals surface area contributed by atoms with Crippen molar-refractivity contribution < 1.29 is 23.1 Å². The number of nitrogens with one attached hydrogen (secondary N) is 2. The average Bonchev–Trinajstić information content (AvgIpc) is 2.66. The van der Waals surface area contributed by atoms with Crippen LogP contribution in [0.25, 0.3) is 0 Å². The van der Waals surface area contributed by atoms with E-state index in [-0.39, 0.29) is 23.4 Å².